The normalized spacial score (nSPS) is 13.2. The molecule has 1 unspecified atom stereocenters. The summed E-state index contributed by atoms with van der Waals surface area (Å²) < 4.78 is 25.4. The van der Waals surface area contributed by atoms with E-state index in [4.69, 9.17) is 0 Å². The summed E-state index contributed by atoms with van der Waals surface area (Å²) in [6, 6.07) is 16.5. The third kappa shape index (κ3) is 2.87. The van der Waals surface area contributed by atoms with Crippen molar-refractivity contribution in [1.29, 1.82) is 0 Å². The molecule has 0 bridgehead atoms. The van der Waals surface area contributed by atoms with Crippen molar-refractivity contribution in [2.45, 2.75) is 30.4 Å². The molecule has 3 heteroatoms. The molecule has 2 nitrogen and oxygen atoms in total. The molecule has 19 heavy (non-hydrogen) atoms. The summed E-state index contributed by atoms with van der Waals surface area (Å²) >= 11 is 0. The first-order valence-electron chi connectivity index (χ1n) is 6.41. The van der Waals surface area contributed by atoms with Crippen LogP contribution < -0.4 is 0 Å². The molecule has 0 N–H and O–H groups in total. The second kappa shape index (κ2) is 5.57. The molecule has 0 aliphatic carbocycles. The van der Waals surface area contributed by atoms with Gasteiger partial charge in [0.1, 0.15) is 0 Å². The lowest BCUT2D eigenvalue weighted by Gasteiger charge is -2.16. The van der Waals surface area contributed by atoms with Crippen LogP contribution in [0.4, 0.5) is 0 Å². The Morgan fingerprint density at radius 3 is 2.05 bits per heavy atom. The summed E-state index contributed by atoms with van der Waals surface area (Å²) in [5, 5.41) is -0.476. The molecule has 0 fully saturated rings. The predicted octanol–water partition coefficient (Wildman–Crippen LogP) is 3.92. The zero-order valence-electron chi connectivity index (χ0n) is 11.2. The van der Waals surface area contributed by atoms with Gasteiger partial charge in [0.05, 0.1) is 10.1 Å². The van der Waals surface area contributed by atoms with Crippen molar-refractivity contribution in [2.75, 3.05) is 0 Å². The standard InChI is InChI=1S/C16H18O2S/c1-3-16(14-7-5-4-6-8-14)19(17,18)15-11-9-13(2)10-12-15/h4-12,16H,3H2,1-2H3. The highest BCUT2D eigenvalue weighted by atomic mass is 32.2. The van der Waals surface area contributed by atoms with Crippen LogP contribution in [0.15, 0.2) is 59.5 Å². The van der Waals surface area contributed by atoms with Crippen LogP contribution in [0.5, 0.6) is 0 Å². The van der Waals surface area contributed by atoms with Crippen LogP contribution in [0.2, 0.25) is 0 Å². The lowest BCUT2D eigenvalue weighted by atomic mass is 10.1. The Balaban J connectivity index is 2.45. The number of hydrogen-bond donors (Lipinski definition) is 0. The van der Waals surface area contributed by atoms with Gasteiger partial charge < -0.3 is 0 Å². The van der Waals surface area contributed by atoms with Crippen molar-refractivity contribution in [1.82, 2.24) is 0 Å². The average Bonchev–Trinajstić information content (AvgIpc) is 2.41. The van der Waals surface area contributed by atoms with E-state index < -0.39 is 15.1 Å². The number of sulfone groups is 1. The van der Waals surface area contributed by atoms with Gasteiger partial charge in [0.2, 0.25) is 0 Å². The van der Waals surface area contributed by atoms with Crippen LogP contribution in [0, 0.1) is 6.92 Å². The zero-order valence-corrected chi connectivity index (χ0v) is 12.0. The van der Waals surface area contributed by atoms with E-state index in [0.29, 0.717) is 11.3 Å². The second-order valence-corrected chi connectivity index (χ2v) is 6.80. The highest BCUT2D eigenvalue weighted by Gasteiger charge is 2.27. The number of aryl methyl sites for hydroxylation is 1. The minimum absolute atomic E-state index is 0.397. The van der Waals surface area contributed by atoms with Crippen molar-refractivity contribution in [3.8, 4) is 0 Å². The Morgan fingerprint density at radius 2 is 1.53 bits per heavy atom. The summed E-state index contributed by atoms with van der Waals surface area (Å²) in [5.74, 6) is 0. The van der Waals surface area contributed by atoms with Crippen molar-refractivity contribution in [2.24, 2.45) is 0 Å². The maximum absolute atomic E-state index is 12.7. The zero-order chi connectivity index (χ0) is 13.9. The van der Waals surface area contributed by atoms with E-state index in [1.807, 2.05) is 56.3 Å². The Morgan fingerprint density at radius 1 is 0.947 bits per heavy atom. The molecule has 0 aliphatic rings. The molecule has 0 aromatic heterocycles. The van der Waals surface area contributed by atoms with E-state index in [0.717, 1.165) is 11.1 Å². The fourth-order valence-electron chi connectivity index (χ4n) is 2.19. The number of rotatable bonds is 4. The van der Waals surface area contributed by atoms with Gasteiger partial charge in [0, 0.05) is 0 Å². The van der Waals surface area contributed by atoms with Crippen LogP contribution in [0.1, 0.15) is 29.7 Å². The maximum Gasteiger partial charge on any atom is 0.185 e. The van der Waals surface area contributed by atoms with Gasteiger partial charge in [-0.1, -0.05) is 55.0 Å². The number of benzene rings is 2. The molecule has 0 heterocycles. The molecule has 2 aromatic rings. The Labute approximate surface area is 115 Å². The van der Waals surface area contributed by atoms with E-state index in [1.54, 1.807) is 12.1 Å². The molecule has 0 spiro atoms. The Kier molecular flexibility index (Phi) is 4.05. The smallest absolute Gasteiger partial charge is 0.185 e. The molecule has 1 atom stereocenters. The monoisotopic (exact) mass is 274 g/mol. The third-order valence-corrected chi connectivity index (χ3v) is 5.55. The van der Waals surface area contributed by atoms with E-state index in [9.17, 15) is 8.42 Å². The molecule has 2 rings (SSSR count). The van der Waals surface area contributed by atoms with Gasteiger partial charge in [-0.3, -0.25) is 0 Å². The molecule has 0 aliphatic heterocycles. The first-order valence-corrected chi connectivity index (χ1v) is 7.96. The van der Waals surface area contributed by atoms with E-state index in [-0.39, 0.29) is 0 Å². The SMILES string of the molecule is CCC(c1ccccc1)S(=O)(=O)c1ccc(C)cc1. The van der Waals surface area contributed by atoms with Crippen molar-refractivity contribution >= 4 is 9.84 Å². The molecule has 0 radical (unpaired) electrons. The minimum Gasteiger partial charge on any atom is -0.223 e. The summed E-state index contributed by atoms with van der Waals surface area (Å²) in [4.78, 5) is 0.397. The van der Waals surface area contributed by atoms with Gasteiger partial charge in [-0.05, 0) is 31.0 Å². The number of hydrogen-bond acceptors (Lipinski definition) is 2. The molecule has 0 saturated carbocycles. The molecule has 100 valence electrons. The van der Waals surface area contributed by atoms with Crippen LogP contribution in [0.3, 0.4) is 0 Å². The van der Waals surface area contributed by atoms with Crippen molar-refractivity contribution in [3.05, 3.63) is 65.7 Å². The summed E-state index contributed by atoms with van der Waals surface area (Å²) in [7, 11) is -3.32. The van der Waals surface area contributed by atoms with E-state index in [1.165, 1.54) is 0 Å². The summed E-state index contributed by atoms with van der Waals surface area (Å²) in [6.07, 6.45) is 0.570. The van der Waals surface area contributed by atoms with Gasteiger partial charge in [0.15, 0.2) is 9.84 Å². The quantitative estimate of drug-likeness (QED) is 0.846. The Bertz CT molecular complexity index is 628. The van der Waals surface area contributed by atoms with Crippen LogP contribution >= 0.6 is 0 Å². The highest BCUT2D eigenvalue weighted by Crippen LogP contribution is 2.31. The molecule has 2 aromatic carbocycles. The summed E-state index contributed by atoms with van der Waals surface area (Å²) in [6.45, 7) is 3.86. The average molecular weight is 274 g/mol. The van der Waals surface area contributed by atoms with Gasteiger partial charge in [0.25, 0.3) is 0 Å². The topological polar surface area (TPSA) is 34.1 Å². The molecular weight excluding hydrogens is 256 g/mol. The lowest BCUT2D eigenvalue weighted by Crippen LogP contribution is -2.13. The third-order valence-electron chi connectivity index (χ3n) is 3.27. The second-order valence-electron chi connectivity index (χ2n) is 4.67. The molecule has 0 saturated heterocycles. The van der Waals surface area contributed by atoms with Gasteiger partial charge in [-0.25, -0.2) is 8.42 Å². The molecule has 0 amide bonds. The largest absolute Gasteiger partial charge is 0.223 e. The van der Waals surface area contributed by atoms with Crippen molar-refractivity contribution < 1.29 is 8.42 Å². The van der Waals surface area contributed by atoms with E-state index in [2.05, 4.69) is 0 Å². The fraction of sp³-hybridized carbons (Fsp3) is 0.250. The predicted molar refractivity (Wildman–Crippen MR) is 77.8 cm³/mol. The Hall–Kier alpha value is -1.61. The highest BCUT2D eigenvalue weighted by molar-refractivity contribution is 7.91. The van der Waals surface area contributed by atoms with Crippen LogP contribution in [-0.2, 0) is 9.84 Å². The fourth-order valence-corrected chi connectivity index (χ4v) is 3.99. The minimum atomic E-state index is -3.32. The maximum atomic E-state index is 12.7. The van der Waals surface area contributed by atoms with Crippen molar-refractivity contribution in [3.63, 3.8) is 0 Å². The van der Waals surface area contributed by atoms with Gasteiger partial charge >= 0.3 is 0 Å². The lowest BCUT2D eigenvalue weighted by molar-refractivity contribution is 0.579. The van der Waals surface area contributed by atoms with Crippen LogP contribution in [-0.4, -0.2) is 8.42 Å². The summed E-state index contributed by atoms with van der Waals surface area (Å²) in [5.41, 5.74) is 1.91. The van der Waals surface area contributed by atoms with Crippen LogP contribution in [0.25, 0.3) is 0 Å². The van der Waals surface area contributed by atoms with Gasteiger partial charge in [-0.15, -0.1) is 0 Å². The van der Waals surface area contributed by atoms with E-state index >= 15 is 0 Å². The first-order chi connectivity index (χ1) is 9.05. The molecular formula is C16H18O2S. The van der Waals surface area contributed by atoms with Gasteiger partial charge in [-0.2, -0.15) is 0 Å². The first kappa shape index (κ1) is 13.8.